The average Bonchev–Trinajstić information content (AvgIpc) is 3.44. The predicted octanol–water partition coefficient (Wildman–Crippen LogP) is 4.67. The molecule has 0 aliphatic rings. The third-order valence-electron chi connectivity index (χ3n) is 5.08. The van der Waals surface area contributed by atoms with Crippen LogP contribution in [0.15, 0.2) is 40.5 Å². The van der Waals surface area contributed by atoms with Crippen LogP contribution in [0.25, 0.3) is 11.2 Å². The first kappa shape index (κ1) is 35.8. The summed E-state index contributed by atoms with van der Waals surface area (Å²) >= 11 is 1.36. The molecule has 0 fully saturated rings. The maximum Gasteiger partial charge on any atom is 0.510 e. The molecule has 2 aromatic heterocycles. The van der Waals surface area contributed by atoms with Crippen LogP contribution >= 0.6 is 19.4 Å². The number of nitrogen functional groups attached to an aromatic ring is 1. The number of carbonyl (C=O) groups excluding carboxylic acids is 2. The van der Waals surface area contributed by atoms with E-state index in [1.165, 1.54) is 18.1 Å². The molecule has 3 rings (SSSR count). The zero-order valence-electron chi connectivity index (χ0n) is 24.8. The summed E-state index contributed by atoms with van der Waals surface area (Å²) in [7, 11) is -2.72. The smallest absolute Gasteiger partial charge is 0.497 e. The van der Waals surface area contributed by atoms with Crippen LogP contribution in [0.1, 0.15) is 26.7 Å². The van der Waals surface area contributed by atoms with Gasteiger partial charge in [0.05, 0.1) is 33.3 Å². The molecule has 0 amide bonds. The van der Waals surface area contributed by atoms with Crippen molar-refractivity contribution < 1.29 is 61.7 Å². The largest absolute Gasteiger partial charge is 0.510 e. The van der Waals surface area contributed by atoms with Crippen molar-refractivity contribution in [2.75, 3.05) is 52.6 Å². The van der Waals surface area contributed by atoms with Crippen molar-refractivity contribution in [1.82, 2.24) is 19.5 Å². The fourth-order valence-corrected chi connectivity index (χ4v) is 4.87. The topological polar surface area (TPSA) is 213 Å². The van der Waals surface area contributed by atoms with Crippen LogP contribution in [-0.4, -0.2) is 78.7 Å². The van der Waals surface area contributed by atoms with E-state index >= 15 is 0 Å². The number of benzene rings is 1. The highest BCUT2D eigenvalue weighted by Gasteiger charge is 2.30. The molecule has 2 heterocycles. The Labute approximate surface area is 262 Å². The van der Waals surface area contributed by atoms with Crippen LogP contribution in [0.3, 0.4) is 0 Å². The predicted molar refractivity (Wildman–Crippen MR) is 155 cm³/mol. The fourth-order valence-electron chi connectivity index (χ4n) is 3.12. The number of nitrogens with two attached hydrogens (primary N) is 1. The number of methoxy groups -OCH3 is 1. The second kappa shape index (κ2) is 18.9. The second-order valence-electron chi connectivity index (χ2n) is 8.53. The van der Waals surface area contributed by atoms with Crippen LogP contribution in [-0.2, 0) is 53.9 Å². The third-order valence-corrected chi connectivity index (χ3v) is 7.23. The monoisotopic (exact) mass is 675 g/mol. The number of hydrogen-bond donors (Lipinski definition) is 1. The number of nitrogens with zero attached hydrogens (tertiary/aromatic N) is 4. The van der Waals surface area contributed by atoms with Gasteiger partial charge in [0.1, 0.15) is 16.3 Å². The molecular weight excluding hydrogens is 641 g/mol. The molecule has 2 N–H and O–H groups in total. The molecule has 0 aliphatic heterocycles. The van der Waals surface area contributed by atoms with Gasteiger partial charge in [0.15, 0.2) is 12.0 Å². The van der Waals surface area contributed by atoms with Gasteiger partial charge in [-0.05, 0) is 37.1 Å². The summed E-state index contributed by atoms with van der Waals surface area (Å²) in [4.78, 5) is 46.1. The van der Waals surface area contributed by atoms with Gasteiger partial charge in [0, 0.05) is 11.4 Å². The summed E-state index contributed by atoms with van der Waals surface area (Å²) in [6.07, 6.45) is -0.0385. The Balaban J connectivity index is 1.56. The summed E-state index contributed by atoms with van der Waals surface area (Å²) in [6.45, 7) is 2.46. The average molecular weight is 676 g/mol. The number of fused-ring (bicyclic) bond motifs is 1. The number of anilines is 1. The lowest BCUT2D eigenvalue weighted by molar-refractivity contribution is -0.308. The quantitative estimate of drug-likeness (QED) is 0.0327. The van der Waals surface area contributed by atoms with Gasteiger partial charge in [0.2, 0.25) is 19.5 Å². The van der Waals surface area contributed by atoms with E-state index in [-0.39, 0.29) is 32.3 Å². The lowest BCUT2D eigenvalue weighted by atomic mass is 10.3. The van der Waals surface area contributed by atoms with E-state index in [0.717, 1.165) is 10.6 Å². The maximum atomic E-state index is 13.1. The first-order valence-corrected chi connectivity index (χ1v) is 16.0. The molecule has 0 saturated heterocycles. The lowest BCUT2D eigenvalue weighted by Crippen LogP contribution is -2.14. The van der Waals surface area contributed by atoms with Gasteiger partial charge in [-0.15, -0.1) is 9.35 Å². The Bertz CT molecular complexity index is 1380. The molecule has 0 saturated carbocycles. The molecule has 0 radical (unpaired) electrons. The lowest BCUT2D eigenvalue weighted by Gasteiger charge is -2.16. The first-order valence-electron chi connectivity index (χ1n) is 13.5. The molecule has 45 heavy (non-hydrogen) atoms. The van der Waals surface area contributed by atoms with Crippen LogP contribution in [0.4, 0.5) is 15.5 Å². The van der Waals surface area contributed by atoms with E-state index < -0.39 is 39.8 Å². The van der Waals surface area contributed by atoms with Crippen molar-refractivity contribution in [3.05, 3.63) is 30.6 Å². The standard InChI is InChI=1S/C25H34N5O13PS/c1-4-11-36-24(31)38-15-40-42-44(33,43-41-16-39-25(32)37-12-5-2)17-35-13-10-30-14-27-20-21(30)28-23(26)29-22(20)45-19-8-6-18(34-3)7-9-19/h6-9,14H,4-5,10-13,15-17H2,1-3H3,(H2,26,28,29). The van der Waals surface area contributed by atoms with Crippen molar-refractivity contribution in [3.8, 4) is 5.75 Å². The molecule has 0 bridgehead atoms. The number of carbonyl (C=O) groups is 2. The summed E-state index contributed by atoms with van der Waals surface area (Å²) in [6, 6.07) is 7.41. The number of hydrogen-bond acceptors (Lipinski definition) is 18. The minimum absolute atomic E-state index is 0.0350. The normalized spacial score (nSPS) is 11.4. The SMILES string of the molecule is CCCOC(=O)OCOOP(=O)(COCCn1cnc2c(Sc3ccc(OC)cc3)nc(N)nc21)OOCOC(=O)OCCC. The highest BCUT2D eigenvalue weighted by molar-refractivity contribution is 7.99. The minimum Gasteiger partial charge on any atom is -0.497 e. The number of aromatic nitrogens is 4. The Morgan fingerprint density at radius 3 is 2.11 bits per heavy atom. The second-order valence-corrected chi connectivity index (χ2v) is 11.4. The van der Waals surface area contributed by atoms with E-state index in [9.17, 15) is 14.2 Å². The third kappa shape index (κ3) is 12.3. The van der Waals surface area contributed by atoms with Gasteiger partial charge in [-0.3, -0.25) is 4.57 Å². The van der Waals surface area contributed by atoms with Crippen molar-refractivity contribution in [3.63, 3.8) is 0 Å². The molecule has 0 atom stereocenters. The highest BCUT2D eigenvalue weighted by Crippen LogP contribution is 2.48. The maximum absolute atomic E-state index is 13.1. The van der Waals surface area contributed by atoms with Crippen LogP contribution < -0.4 is 10.5 Å². The van der Waals surface area contributed by atoms with Gasteiger partial charge in [-0.1, -0.05) is 25.6 Å². The van der Waals surface area contributed by atoms with Gasteiger partial charge >= 0.3 is 19.9 Å². The summed E-state index contributed by atoms with van der Waals surface area (Å²) < 4.78 is 53.7. The molecular formula is C25H34N5O13PS. The van der Waals surface area contributed by atoms with Crippen molar-refractivity contribution >= 4 is 48.8 Å². The molecule has 0 unspecified atom stereocenters. The highest BCUT2D eigenvalue weighted by atomic mass is 32.2. The van der Waals surface area contributed by atoms with Crippen molar-refractivity contribution in [1.29, 1.82) is 0 Å². The van der Waals surface area contributed by atoms with E-state index in [1.54, 1.807) is 25.5 Å². The van der Waals surface area contributed by atoms with Crippen LogP contribution in [0.2, 0.25) is 0 Å². The van der Waals surface area contributed by atoms with Gasteiger partial charge in [-0.2, -0.15) is 14.8 Å². The van der Waals surface area contributed by atoms with E-state index in [4.69, 9.17) is 34.0 Å². The van der Waals surface area contributed by atoms with Crippen molar-refractivity contribution in [2.45, 2.75) is 43.2 Å². The molecule has 3 aromatic rings. The summed E-state index contributed by atoms with van der Waals surface area (Å²) in [5.41, 5.74) is 6.92. The van der Waals surface area contributed by atoms with Gasteiger partial charge in [-0.25, -0.2) is 19.6 Å². The van der Waals surface area contributed by atoms with E-state index in [1.807, 2.05) is 24.3 Å². The number of ether oxygens (including phenoxy) is 6. The van der Waals surface area contributed by atoms with Crippen molar-refractivity contribution in [2.24, 2.45) is 0 Å². The molecule has 248 valence electrons. The molecule has 18 nitrogen and oxygen atoms in total. The Morgan fingerprint density at radius 2 is 1.53 bits per heavy atom. The fraction of sp³-hybridized carbons (Fsp3) is 0.480. The molecule has 0 aliphatic carbocycles. The molecule has 20 heteroatoms. The van der Waals surface area contributed by atoms with Crippen LogP contribution in [0.5, 0.6) is 5.75 Å². The molecule has 1 aromatic carbocycles. The van der Waals surface area contributed by atoms with Crippen LogP contribution in [0, 0.1) is 0 Å². The summed E-state index contributed by atoms with van der Waals surface area (Å²) in [5.74, 6) is 0.763. The zero-order chi connectivity index (χ0) is 32.5. The summed E-state index contributed by atoms with van der Waals surface area (Å²) in [5, 5.41) is 0.546. The van der Waals surface area contributed by atoms with E-state index in [2.05, 4.69) is 34.2 Å². The Kier molecular flexibility index (Phi) is 15.1. The van der Waals surface area contributed by atoms with Gasteiger partial charge < -0.3 is 38.7 Å². The zero-order valence-corrected chi connectivity index (χ0v) is 26.5. The number of imidazole rings is 1. The number of rotatable bonds is 20. The van der Waals surface area contributed by atoms with E-state index in [0.29, 0.717) is 29.0 Å². The minimum atomic E-state index is -4.31. The molecule has 0 spiro atoms. The Morgan fingerprint density at radius 1 is 0.911 bits per heavy atom. The van der Waals surface area contributed by atoms with Gasteiger partial charge in [0.25, 0.3) is 0 Å². The first-order chi connectivity index (χ1) is 21.8. The Hall–Kier alpha value is -3.71.